The second-order valence-electron chi connectivity index (χ2n) is 7.35. The molecule has 1 heterocycles. The van der Waals surface area contributed by atoms with Gasteiger partial charge in [-0.25, -0.2) is 0 Å². The minimum atomic E-state index is 0.441. The monoisotopic (exact) mass is 262 g/mol. The van der Waals surface area contributed by atoms with Crippen LogP contribution in [0.4, 0.5) is 0 Å². The standard InChI is InChI=1S/C16H26N2O/c1-10-13(11(2)19-18-10)9-17-14-8-12-6-7-16(14,5)15(12,3)4/h12,14,17H,6-9H2,1-5H3. The molecular formula is C16H26N2O. The van der Waals surface area contributed by atoms with E-state index in [1.54, 1.807) is 0 Å². The van der Waals surface area contributed by atoms with Gasteiger partial charge in [-0.05, 0) is 49.9 Å². The Kier molecular flexibility index (Phi) is 2.83. The van der Waals surface area contributed by atoms with E-state index < -0.39 is 0 Å². The molecule has 3 heteroatoms. The summed E-state index contributed by atoms with van der Waals surface area (Å²) in [4.78, 5) is 0. The molecule has 0 aromatic carbocycles. The van der Waals surface area contributed by atoms with Crippen molar-refractivity contribution in [3.05, 3.63) is 17.0 Å². The highest BCUT2D eigenvalue weighted by Gasteiger charge is 2.60. The highest BCUT2D eigenvalue weighted by atomic mass is 16.5. The van der Waals surface area contributed by atoms with E-state index in [4.69, 9.17) is 4.52 Å². The number of nitrogens with zero attached hydrogens (tertiary/aromatic N) is 1. The number of aryl methyl sites for hydroxylation is 2. The van der Waals surface area contributed by atoms with Gasteiger partial charge in [-0.2, -0.15) is 0 Å². The van der Waals surface area contributed by atoms with Crippen LogP contribution in [0.25, 0.3) is 0 Å². The van der Waals surface area contributed by atoms with Crippen LogP contribution in [0.5, 0.6) is 0 Å². The Balaban J connectivity index is 1.73. The molecule has 0 aliphatic heterocycles. The molecule has 3 atom stereocenters. The van der Waals surface area contributed by atoms with E-state index in [1.807, 2.05) is 13.8 Å². The highest BCUT2D eigenvalue weighted by molar-refractivity contribution is 5.21. The van der Waals surface area contributed by atoms with E-state index >= 15 is 0 Å². The third-order valence-electron chi connectivity index (χ3n) is 6.50. The topological polar surface area (TPSA) is 38.1 Å². The van der Waals surface area contributed by atoms with E-state index in [-0.39, 0.29) is 0 Å². The minimum Gasteiger partial charge on any atom is -0.361 e. The van der Waals surface area contributed by atoms with Crippen LogP contribution in [0, 0.1) is 30.6 Å². The highest BCUT2D eigenvalue weighted by Crippen LogP contribution is 2.65. The lowest BCUT2D eigenvalue weighted by Crippen LogP contribution is -2.44. The maximum absolute atomic E-state index is 5.25. The fourth-order valence-corrected chi connectivity index (χ4v) is 4.49. The minimum absolute atomic E-state index is 0.441. The van der Waals surface area contributed by atoms with Crippen molar-refractivity contribution < 1.29 is 4.52 Å². The quantitative estimate of drug-likeness (QED) is 0.904. The normalized spacial score (nSPS) is 36.1. The van der Waals surface area contributed by atoms with Crippen LogP contribution in [0.1, 0.15) is 57.1 Å². The zero-order valence-corrected chi connectivity index (χ0v) is 12.8. The molecule has 2 aliphatic carbocycles. The Hall–Kier alpha value is -0.830. The molecule has 0 amide bonds. The van der Waals surface area contributed by atoms with Crippen molar-refractivity contribution in [3.8, 4) is 0 Å². The molecule has 2 bridgehead atoms. The summed E-state index contributed by atoms with van der Waals surface area (Å²) in [7, 11) is 0. The van der Waals surface area contributed by atoms with Crippen LogP contribution in [0.2, 0.25) is 0 Å². The zero-order valence-electron chi connectivity index (χ0n) is 12.8. The molecule has 19 heavy (non-hydrogen) atoms. The molecule has 106 valence electrons. The van der Waals surface area contributed by atoms with Crippen LogP contribution in [-0.2, 0) is 6.54 Å². The largest absolute Gasteiger partial charge is 0.361 e. The molecule has 1 aromatic rings. The average molecular weight is 262 g/mol. The summed E-state index contributed by atoms with van der Waals surface area (Å²) in [5.41, 5.74) is 3.18. The first-order valence-corrected chi connectivity index (χ1v) is 7.51. The summed E-state index contributed by atoms with van der Waals surface area (Å²) in [6.45, 7) is 12.3. The van der Waals surface area contributed by atoms with Gasteiger partial charge in [0.2, 0.25) is 0 Å². The molecule has 2 aliphatic rings. The first-order valence-electron chi connectivity index (χ1n) is 7.51. The van der Waals surface area contributed by atoms with E-state index in [9.17, 15) is 0 Å². The molecule has 3 rings (SSSR count). The summed E-state index contributed by atoms with van der Waals surface area (Å²) in [5.74, 6) is 1.84. The average Bonchev–Trinajstić information content (AvgIpc) is 2.84. The summed E-state index contributed by atoms with van der Waals surface area (Å²) in [5, 5.41) is 7.83. The predicted molar refractivity (Wildman–Crippen MR) is 75.8 cm³/mol. The van der Waals surface area contributed by atoms with Crippen LogP contribution in [-0.4, -0.2) is 11.2 Å². The summed E-state index contributed by atoms with van der Waals surface area (Å²) in [6.07, 6.45) is 4.10. The molecule has 0 saturated heterocycles. The number of hydrogen-bond acceptors (Lipinski definition) is 3. The van der Waals surface area contributed by atoms with Gasteiger partial charge in [0.15, 0.2) is 0 Å². The van der Waals surface area contributed by atoms with E-state index in [0.717, 1.165) is 23.9 Å². The molecule has 1 N–H and O–H groups in total. The zero-order chi connectivity index (χ0) is 13.8. The molecule has 1 aromatic heterocycles. The van der Waals surface area contributed by atoms with Gasteiger partial charge >= 0.3 is 0 Å². The second kappa shape index (κ2) is 4.08. The van der Waals surface area contributed by atoms with Gasteiger partial charge in [0.25, 0.3) is 0 Å². The van der Waals surface area contributed by atoms with Crippen molar-refractivity contribution in [3.63, 3.8) is 0 Å². The van der Waals surface area contributed by atoms with Gasteiger partial charge in [-0.15, -0.1) is 0 Å². The number of hydrogen-bond donors (Lipinski definition) is 1. The molecule has 3 nitrogen and oxygen atoms in total. The van der Waals surface area contributed by atoms with Crippen molar-refractivity contribution in [2.45, 2.75) is 66.5 Å². The number of rotatable bonds is 3. The molecule has 0 radical (unpaired) electrons. The SMILES string of the molecule is Cc1noc(C)c1CNC1CC2CCC1(C)C2(C)C. The lowest BCUT2D eigenvalue weighted by molar-refractivity contribution is 0.120. The van der Waals surface area contributed by atoms with Crippen LogP contribution >= 0.6 is 0 Å². The van der Waals surface area contributed by atoms with Gasteiger partial charge in [-0.1, -0.05) is 25.9 Å². The lowest BCUT2D eigenvalue weighted by atomic mass is 9.69. The smallest absolute Gasteiger partial charge is 0.138 e. The van der Waals surface area contributed by atoms with Crippen molar-refractivity contribution >= 4 is 0 Å². The Morgan fingerprint density at radius 2 is 2.05 bits per heavy atom. The molecule has 3 unspecified atom stereocenters. The lowest BCUT2D eigenvalue weighted by Gasteiger charge is -2.39. The van der Waals surface area contributed by atoms with E-state index in [2.05, 4.69) is 31.2 Å². The number of aromatic nitrogens is 1. The molecule has 2 saturated carbocycles. The maximum atomic E-state index is 5.25. The molecule has 0 spiro atoms. The maximum Gasteiger partial charge on any atom is 0.138 e. The summed E-state index contributed by atoms with van der Waals surface area (Å²) >= 11 is 0. The Morgan fingerprint density at radius 1 is 1.32 bits per heavy atom. The molecular weight excluding hydrogens is 236 g/mol. The van der Waals surface area contributed by atoms with Crippen molar-refractivity contribution in [2.75, 3.05) is 0 Å². The third-order valence-corrected chi connectivity index (χ3v) is 6.50. The van der Waals surface area contributed by atoms with Gasteiger partial charge in [0, 0.05) is 18.2 Å². The Morgan fingerprint density at radius 3 is 2.53 bits per heavy atom. The van der Waals surface area contributed by atoms with Crippen molar-refractivity contribution in [1.82, 2.24) is 10.5 Å². The first kappa shape index (κ1) is 13.2. The van der Waals surface area contributed by atoms with Crippen LogP contribution in [0.15, 0.2) is 4.52 Å². The first-order chi connectivity index (χ1) is 8.86. The van der Waals surface area contributed by atoms with E-state index in [1.165, 1.54) is 24.8 Å². The van der Waals surface area contributed by atoms with E-state index in [0.29, 0.717) is 16.9 Å². The Labute approximate surface area is 116 Å². The van der Waals surface area contributed by atoms with Crippen molar-refractivity contribution in [2.24, 2.45) is 16.7 Å². The fourth-order valence-electron chi connectivity index (χ4n) is 4.49. The number of nitrogens with one attached hydrogen (secondary N) is 1. The Bertz CT molecular complexity index is 471. The van der Waals surface area contributed by atoms with Gasteiger partial charge in [0.05, 0.1) is 5.69 Å². The summed E-state index contributed by atoms with van der Waals surface area (Å²) in [6, 6.07) is 0.634. The van der Waals surface area contributed by atoms with Gasteiger partial charge in [-0.3, -0.25) is 0 Å². The summed E-state index contributed by atoms with van der Waals surface area (Å²) < 4.78 is 5.25. The molecule has 2 fully saturated rings. The van der Waals surface area contributed by atoms with Crippen LogP contribution in [0.3, 0.4) is 0 Å². The van der Waals surface area contributed by atoms with Gasteiger partial charge in [0.1, 0.15) is 5.76 Å². The van der Waals surface area contributed by atoms with Crippen molar-refractivity contribution in [1.29, 1.82) is 0 Å². The fraction of sp³-hybridized carbons (Fsp3) is 0.812. The second-order valence-corrected chi connectivity index (χ2v) is 7.35. The number of fused-ring (bicyclic) bond motifs is 2. The van der Waals surface area contributed by atoms with Gasteiger partial charge < -0.3 is 9.84 Å². The third kappa shape index (κ3) is 1.70. The predicted octanol–water partition coefficient (Wildman–Crippen LogP) is 3.60. The van der Waals surface area contributed by atoms with Crippen LogP contribution < -0.4 is 5.32 Å².